The molecule has 138 valence electrons. The van der Waals surface area contributed by atoms with Crippen molar-refractivity contribution in [3.63, 3.8) is 0 Å². The number of carbonyl (C=O) groups excluding carboxylic acids is 1. The topological polar surface area (TPSA) is 61.9 Å². The largest absolute Gasteiger partial charge is 0.341 e. The van der Waals surface area contributed by atoms with E-state index in [0.717, 1.165) is 42.9 Å². The van der Waals surface area contributed by atoms with Crippen LogP contribution in [0.15, 0.2) is 59.8 Å². The van der Waals surface area contributed by atoms with Gasteiger partial charge >= 0.3 is 0 Å². The number of H-pyrrole nitrogens is 1. The lowest BCUT2D eigenvalue weighted by Gasteiger charge is -2.22. The lowest BCUT2D eigenvalue weighted by Crippen LogP contribution is -2.31. The molecule has 4 rings (SSSR count). The minimum Gasteiger partial charge on any atom is -0.341 e. The van der Waals surface area contributed by atoms with Crippen molar-refractivity contribution >= 4 is 17.7 Å². The summed E-state index contributed by atoms with van der Waals surface area (Å²) in [6.07, 6.45) is 2.16. The summed E-state index contributed by atoms with van der Waals surface area (Å²) in [4.78, 5) is 19.7. The number of hydrogen-bond donors (Lipinski definition) is 1. The van der Waals surface area contributed by atoms with Crippen LogP contribution in [-0.2, 0) is 4.79 Å². The Labute approximate surface area is 163 Å². The number of nitrogens with zero attached hydrogens (tertiary/aromatic N) is 3. The third kappa shape index (κ3) is 4.06. The fraction of sp³-hybridized carbons (Fsp3) is 0.286. The van der Waals surface area contributed by atoms with Crippen molar-refractivity contribution in [1.82, 2.24) is 20.1 Å². The molecule has 1 atom stereocenters. The van der Waals surface area contributed by atoms with E-state index in [4.69, 9.17) is 0 Å². The van der Waals surface area contributed by atoms with Crippen LogP contribution in [-0.4, -0.2) is 39.1 Å². The zero-order valence-electron chi connectivity index (χ0n) is 15.3. The summed E-state index contributed by atoms with van der Waals surface area (Å²) in [6.45, 7) is 3.73. The van der Waals surface area contributed by atoms with E-state index < -0.39 is 0 Å². The number of aromatic nitrogens is 3. The van der Waals surface area contributed by atoms with Crippen LogP contribution < -0.4 is 0 Å². The number of rotatable bonds is 5. The number of carbonyl (C=O) groups is 1. The molecule has 0 aliphatic carbocycles. The number of nitrogens with one attached hydrogen (secondary N) is 1. The first-order valence-electron chi connectivity index (χ1n) is 9.20. The van der Waals surface area contributed by atoms with Gasteiger partial charge in [0, 0.05) is 18.7 Å². The molecule has 3 aromatic rings. The van der Waals surface area contributed by atoms with Crippen molar-refractivity contribution in [2.45, 2.75) is 30.2 Å². The van der Waals surface area contributed by atoms with E-state index in [1.165, 1.54) is 17.3 Å². The van der Waals surface area contributed by atoms with Crippen molar-refractivity contribution in [1.29, 1.82) is 0 Å². The van der Waals surface area contributed by atoms with Gasteiger partial charge in [-0.15, -0.1) is 5.10 Å². The Morgan fingerprint density at radius 1 is 1.07 bits per heavy atom. The minimum atomic E-state index is -0.328. The van der Waals surface area contributed by atoms with Crippen LogP contribution in [0, 0.1) is 6.92 Å². The quantitative estimate of drug-likeness (QED) is 0.675. The van der Waals surface area contributed by atoms with E-state index in [9.17, 15) is 4.79 Å². The number of amides is 1. The summed E-state index contributed by atoms with van der Waals surface area (Å²) in [5.41, 5.74) is 3.18. The summed E-state index contributed by atoms with van der Waals surface area (Å²) in [5.74, 6) is 0.864. The highest BCUT2D eigenvalue weighted by Crippen LogP contribution is 2.36. The second kappa shape index (κ2) is 7.96. The summed E-state index contributed by atoms with van der Waals surface area (Å²) < 4.78 is 0. The van der Waals surface area contributed by atoms with Gasteiger partial charge in [-0.1, -0.05) is 71.9 Å². The molecule has 1 saturated heterocycles. The van der Waals surface area contributed by atoms with Gasteiger partial charge in [0.1, 0.15) is 5.25 Å². The molecule has 0 radical (unpaired) electrons. The van der Waals surface area contributed by atoms with Crippen LogP contribution in [0.1, 0.15) is 29.2 Å². The maximum Gasteiger partial charge on any atom is 0.240 e. The van der Waals surface area contributed by atoms with E-state index in [1.54, 1.807) is 0 Å². The highest BCUT2D eigenvalue weighted by atomic mass is 32.2. The molecule has 1 aliphatic heterocycles. The predicted molar refractivity (Wildman–Crippen MR) is 107 cm³/mol. The molecule has 27 heavy (non-hydrogen) atoms. The number of likely N-dealkylation sites (tertiary alicyclic amines) is 1. The second-order valence-corrected chi connectivity index (χ2v) is 7.85. The van der Waals surface area contributed by atoms with Crippen LogP contribution in [0.5, 0.6) is 0 Å². The van der Waals surface area contributed by atoms with Crippen LogP contribution in [0.3, 0.4) is 0 Å². The fourth-order valence-electron chi connectivity index (χ4n) is 3.24. The van der Waals surface area contributed by atoms with Crippen molar-refractivity contribution in [2.75, 3.05) is 13.1 Å². The van der Waals surface area contributed by atoms with Gasteiger partial charge in [-0.2, -0.15) is 0 Å². The zero-order valence-corrected chi connectivity index (χ0v) is 16.1. The Morgan fingerprint density at radius 3 is 2.48 bits per heavy atom. The highest BCUT2D eigenvalue weighted by Gasteiger charge is 2.29. The average Bonchev–Trinajstić information content (AvgIpc) is 3.39. The highest BCUT2D eigenvalue weighted by molar-refractivity contribution is 8.00. The standard InChI is InChI=1S/C21H22N4OS/c1-15-9-11-17(12-10-15)19-22-21(24-23-19)27-18(16-7-3-2-4-8-16)20(26)25-13-5-6-14-25/h2-4,7-12,18H,5-6,13-14H2,1H3,(H,22,23,24)/t18-/m0/s1. The number of aryl methyl sites for hydroxylation is 1. The first-order chi connectivity index (χ1) is 13.2. The maximum atomic E-state index is 13.1. The minimum absolute atomic E-state index is 0.144. The van der Waals surface area contributed by atoms with Gasteiger partial charge in [0.25, 0.3) is 0 Å². The van der Waals surface area contributed by atoms with E-state index in [2.05, 4.69) is 22.1 Å². The molecule has 6 heteroatoms. The molecule has 0 saturated carbocycles. The Bertz CT molecular complexity index is 901. The summed E-state index contributed by atoms with van der Waals surface area (Å²) in [7, 11) is 0. The van der Waals surface area contributed by atoms with E-state index in [-0.39, 0.29) is 11.2 Å². The van der Waals surface area contributed by atoms with Gasteiger partial charge in [-0.05, 0) is 25.3 Å². The molecule has 1 N–H and O–H groups in total. The first-order valence-corrected chi connectivity index (χ1v) is 10.1. The van der Waals surface area contributed by atoms with Crippen LogP contribution in [0.4, 0.5) is 0 Å². The van der Waals surface area contributed by atoms with Crippen molar-refractivity contribution in [3.05, 3.63) is 65.7 Å². The molecule has 1 amide bonds. The molecule has 1 aliphatic rings. The van der Waals surface area contributed by atoms with Gasteiger partial charge in [-0.25, -0.2) is 4.98 Å². The molecule has 0 unspecified atom stereocenters. The zero-order chi connectivity index (χ0) is 18.6. The number of hydrogen-bond acceptors (Lipinski definition) is 4. The van der Waals surface area contributed by atoms with Crippen molar-refractivity contribution < 1.29 is 4.79 Å². The normalized spacial score (nSPS) is 15.1. The number of benzene rings is 2. The number of thioether (sulfide) groups is 1. The molecule has 0 spiro atoms. The SMILES string of the molecule is Cc1ccc(-c2nc(S[C@H](C(=O)N3CCCC3)c3ccccc3)n[nH]2)cc1. The Hall–Kier alpha value is -2.60. The van der Waals surface area contributed by atoms with Gasteiger partial charge in [0.05, 0.1) is 0 Å². The fourth-order valence-corrected chi connectivity index (χ4v) is 4.23. The third-order valence-corrected chi connectivity index (χ3v) is 5.86. The van der Waals surface area contributed by atoms with E-state index in [1.807, 2.05) is 59.5 Å². The molecular formula is C21H22N4OS. The smallest absolute Gasteiger partial charge is 0.240 e. The summed E-state index contributed by atoms with van der Waals surface area (Å²) in [5, 5.41) is 7.61. The third-order valence-electron chi connectivity index (χ3n) is 4.76. The first kappa shape index (κ1) is 17.8. The molecule has 2 aromatic carbocycles. The summed E-state index contributed by atoms with van der Waals surface area (Å²) in [6, 6.07) is 18.0. The van der Waals surface area contributed by atoms with Crippen LogP contribution >= 0.6 is 11.8 Å². The van der Waals surface area contributed by atoms with Gasteiger partial charge < -0.3 is 4.90 Å². The molecule has 1 aromatic heterocycles. The van der Waals surface area contributed by atoms with Crippen LogP contribution in [0.2, 0.25) is 0 Å². The lowest BCUT2D eigenvalue weighted by molar-refractivity contribution is -0.129. The molecule has 1 fully saturated rings. The Balaban J connectivity index is 1.58. The van der Waals surface area contributed by atoms with E-state index >= 15 is 0 Å². The molecular weight excluding hydrogens is 356 g/mol. The second-order valence-electron chi connectivity index (χ2n) is 6.77. The molecule has 0 bridgehead atoms. The van der Waals surface area contributed by atoms with Crippen molar-refractivity contribution in [2.24, 2.45) is 0 Å². The average molecular weight is 379 g/mol. The number of aromatic amines is 1. The lowest BCUT2D eigenvalue weighted by atomic mass is 10.1. The van der Waals surface area contributed by atoms with Crippen LogP contribution in [0.25, 0.3) is 11.4 Å². The van der Waals surface area contributed by atoms with Gasteiger partial charge in [0.15, 0.2) is 5.82 Å². The molecule has 5 nitrogen and oxygen atoms in total. The predicted octanol–water partition coefficient (Wildman–Crippen LogP) is 4.24. The van der Waals surface area contributed by atoms with Gasteiger partial charge in [0.2, 0.25) is 11.1 Å². The monoisotopic (exact) mass is 378 g/mol. The van der Waals surface area contributed by atoms with Gasteiger partial charge in [-0.3, -0.25) is 9.89 Å². The summed E-state index contributed by atoms with van der Waals surface area (Å²) >= 11 is 1.41. The molecule has 2 heterocycles. The Morgan fingerprint density at radius 2 is 1.78 bits per heavy atom. The maximum absolute atomic E-state index is 13.1. The Kier molecular flexibility index (Phi) is 5.25. The van der Waals surface area contributed by atoms with E-state index in [0.29, 0.717) is 5.16 Å². The van der Waals surface area contributed by atoms with Crippen molar-refractivity contribution in [3.8, 4) is 11.4 Å².